The van der Waals surface area contributed by atoms with Gasteiger partial charge in [-0.3, -0.25) is 0 Å². The number of nitrogens with zero attached hydrogens (tertiary/aromatic N) is 2. The van der Waals surface area contributed by atoms with Crippen molar-refractivity contribution in [1.82, 2.24) is 4.57 Å². The summed E-state index contributed by atoms with van der Waals surface area (Å²) >= 11 is 0. The lowest BCUT2D eigenvalue weighted by molar-refractivity contribution is 1.17. The maximum Gasteiger partial charge on any atom is 0.0541 e. The van der Waals surface area contributed by atoms with Gasteiger partial charge in [0, 0.05) is 33.5 Å². The minimum atomic E-state index is 1.10. The molecule has 0 spiro atoms. The first kappa shape index (κ1) is 30.9. The summed E-state index contributed by atoms with van der Waals surface area (Å²) in [6, 6.07) is 72.7. The molecule has 1 heterocycles. The van der Waals surface area contributed by atoms with Crippen molar-refractivity contribution in [2.45, 2.75) is 6.92 Å². The topological polar surface area (TPSA) is 8.17 Å². The molecule has 0 unspecified atom stereocenters. The predicted octanol–water partition coefficient (Wildman–Crippen LogP) is 14.2. The predicted molar refractivity (Wildman–Crippen MR) is 226 cm³/mol. The number of fused-ring (bicyclic) bond motifs is 5. The van der Waals surface area contributed by atoms with Crippen LogP contribution in [0.4, 0.5) is 17.1 Å². The van der Waals surface area contributed by atoms with Crippen molar-refractivity contribution in [3.63, 3.8) is 0 Å². The number of aromatic nitrogens is 1. The van der Waals surface area contributed by atoms with Gasteiger partial charge in [0.25, 0.3) is 0 Å². The van der Waals surface area contributed by atoms with E-state index in [1.165, 1.54) is 71.2 Å². The number of hydrogen-bond donors (Lipinski definition) is 0. The molecule has 0 saturated carbocycles. The van der Waals surface area contributed by atoms with Crippen molar-refractivity contribution in [2.75, 3.05) is 4.90 Å². The SMILES string of the molecule is Cc1ccc2c(-c3cccc(N(c4ccccc4)c4ccc(-n5c6ccccc6c6ccccc65)cc4)c3)c3ccccc3c(-c3ccccc3)c2c1. The molecule has 1 aromatic heterocycles. The molecule has 0 fully saturated rings. The highest BCUT2D eigenvalue weighted by Crippen LogP contribution is 2.45. The van der Waals surface area contributed by atoms with Gasteiger partial charge in [-0.05, 0) is 111 Å². The maximum absolute atomic E-state index is 2.37. The zero-order valence-corrected chi connectivity index (χ0v) is 29.4. The Kier molecular flexibility index (Phi) is 7.40. The van der Waals surface area contributed by atoms with Crippen molar-refractivity contribution in [1.29, 1.82) is 0 Å². The van der Waals surface area contributed by atoms with E-state index < -0.39 is 0 Å². The number of para-hydroxylation sites is 3. The Labute approximate surface area is 309 Å². The third-order valence-electron chi connectivity index (χ3n) is 10.6. The lowest BCUT2D eigenvalue weighted by Crippen LogP contribution is -2.10. The molecule has 2 heteroatoms. The van der Waals surface area contributed by atoms with Gasteiger partial charge in [0.1, 0.15) is 0 Å². The van der Waals surface area contributed by atoms with Crippen molar-refractivity contribution in [3.05, 3.63) is 206 Å². The summed E-state index contributed by atoms with van der Waals surface area (Å²) in [5, 5.41) is 7.58. The van der Waals surface area contributed by atoms with Gasteiger partial charge in [-0.25, -0.2) is 0 Å². The molecule has 10 aromatic rings. The Morgan fingerprint density at radius 2 is 0.830 bits per heavy atom. The number of hydrogen-bond acceptors (Lipinski definition) is 1. The molecule has 0 aliphatic rings. The standard InChI is InChI=1S/C51H36N2/c1-35-27-32-46-47(33-35)50(36-15-4-2-5-16-36)44-23-8-9-24-45(44)51(46)37-17-14-20-41(34-37)52(38-18-6-3-7-19-38)39-28-30-40(31-29-39)53-48-25-12-10-21-42(48)43-22-11-13-26-49(43)53/h2-34H,1H3. The average molecular weight is 677 g/mol. The number of rotatable bonds is 6. The van der Waals surface area contributed by atoms with Crippen LogP contribution in [0.15, 0.2) is 200 Å². The largest absolute Gasteiger partial charge is 0.310 e. The molecule has 0 radical (unpaired) electrons. The van der Waals surface area contributed by atoms with Gasteiger partial charge >= 0.3 is 0 Å². The van der Waals surface area contributed by atoms with Crippen LogP contribution in [-0.4, -0.2) is 4.57 Å². The Hall–Kier alpha value is -6.90. The van der Waals surface area contributed by atoms with Gasteiger partial charge in [0.05, 0.1) is 11.0 Å². The summed E-state index contributed by atoms with van der Waals surface area (Å²) in [7, 11) is 0. The first-order valence-electron chi connectivity index (χ1n) is 18.3. The van der Waals surface area contributed by atoms with E-state index in [1.807, 2.05) is 0 Å². The monoisotopic (exact) mass is 676 g/mol. The van der Waals surface area contributed by atoms with E-state index in [9.17, 15) is 0 Å². The summed E-state index contributed by atoms with van der Waals surface area (Å²) in [5.41, 5.74) is 13.1. The Bertz CT molecular complexity index is 2890. The molecule has 0 aliphatic heterocycles. The first-order chi connectivity index (χ1) is 26.2. The zero-order valence-electron chi connectivity index (χ0n) is 29.4. The van der Waals surface area contributed by atoms with Crippen LogP contribution >= 0.6 is 0 Å². The second-order valence-corrected chi connectivity index (χ2v) is 13.8. The van der Waals surface area contributed by atoms with E-state index in [1.54, 1.807) is 0 Å². The van der Waals surface area contributed by atoms with Crippen LogP contribution in [0.25, 0.3) is 71.3 Å². The molecule has 0 aliphatic carbocycles. The molecular formula is C51H36N2. The summed E-state index contributed by atoms with van der Waals surface area (Å²) in [5.74, 6) is 0. The van der Waals surface area contributed by atoms with Gasteiger partial charge in [0.15, 0.2) is 0 Å². The lowest BCUT2D eigenvalue weighted by Gasteiger charge is -2.26. The molecule has 9 aromatic carbocycles. The Balaban J connectivity index is 1.15. The fourth-order valence-corrected chi connectivity index (χ4v) is 8.30. The van der Waals surface area contributed by atoms with Crippen LogP contribution in [0.3, 0.4) is 0 Å². The first-order valence-corrected chi connectivity index (χ1v) is 18.3. The molecule has 0 amide bonds. The van der Waals surface area contributed by atoms with Gasteiger partial charge in [-0.2, -0.15) is 0 Å². The Morgan fingerprint density at radius 3 is 1.49 bits per heavy atom. The van der Waals surface area contributed by atoms with E-state index in [-0.39, 0.29) is 0 Å². The van der Waals surface area contributed by atoms with Gasteiger partial charge in [-0.1, -0.05) is 145 Å². The van der Waals surface area contributed by atoms with Crippen LogP contribution in [0.2, 0.25) is 0 Å². The van der Waals surface area contributed by atoms with E-state index in [4.69, 9.17) is 0 Å². The molecule has 0 saturated heterocycles. The summed E-state index contributed by atoms with van der Waals surface area (Å²) < 4.78 is 2.37. The fraction of sp³-hybridized carbons (Fsp3) is 0.0196. The van der Waals surface area contributed by atoms with E-state index in [2.05, 4.69) is 217 Å². The third kappa shape index (κ3) is 5.19. The van der Waals surface area contributed by atoms with Crippen molar-refractivity contribution >= 4 is 60.4 Å². The van der Waals surface area contributed by atoms with E-state index >= 15 is 0 Å². The molecule has 0 bridgehead atoms. The lowest BCUT2D eigenvalue weighted by atomic mass is 9.85. The second-order valence-electron chi connectivity index (χ2n) is 13.8. The third-order valence-corrected chi connectivity index (χ3v) is 10.6. The molecule has 250 valence electrons. The molecule has 53 heavy (non-hydrogen) atoms. The minimum Gasteiger partial charge on any atom is -0.310 e. The molecule has 10 rings (SSSR count). The average Bonchev–Trinajstić information content (AvgIpc) is 3.55. The summed E-state index contributed by atoms with van der Waals surface area (Å²) in [6.07, 6.45) is 0. The van der Waals surface area contributed by atoms with E-state index in [0.29, 0.717) is 0 Å². The van der Waals surface area contributed by atoms with Crippen LogP contribution in [-0.2, 0) is 0 Å². The number of benzene rings is 9. The minimum absolute atomic E-state index is 1.10. The van der Waals surface area contributed by atoms with Gasteiger partial charge in [-0.15, -0.1) is 0 Å². The quantitative estimate of drug-likeness (QED) is 0.159. The molecule has 2 nitrogen and oxygen atoms in total. The zero-order chi connectivity index (χ0) is 35.3. The summed E-state index contributed by atoms with van der Waals surface area (Å²) in [4.78, 5) is 2.37. The summed E-state index contributed by atoms with van der Waals surface area (Å²) in [6.45, 7) is 2.19. The van der Waals surface area contributed by atoms with Crippen LogP contribution in [0, 0.1) is 6.92 Å². The van der Waals surface area contributed by atoms with Crippen molar-refractivity contribution < 1.29 is 0 Å². The highest BCUT2D eigenvalue weighted by atomic mass is 15.1. The second kappa shape index (κ2) is 12.7. The Morgan fingerprint density at radius 1 is 0.340 bits per heavy atom. The molecule has 0 atom stereocenters. The van der Waals surface area contributed by atoms with Crippen LogP contribution in [0.1, 0.15) is 5.56 Å². The maximum atomic E-state index is 2.37. The number of aryl methyl sites for hydroxylation is 1. The molecule has 0 N–H and O–H groups in total. The van der Waals surface area contributed by atoms with Gasteiger partial charge < -0.3 is 9.47 Å². The fourth-order valence-electron chi connectivity index (χ4n) is 8.30. The highest BCUT2D eigenvalue weighted by molar-refractivity contribution is 6.21. The highest BCUT2D eigenvalue weighted by Gasteiger charge is 2.19. The van der Waals surface area contributed by atoms with Crippen LogP contribution in [0.5, 0.6) is 0 Å². The van der Waals surface area contributed by atoms with E-state index in [0.717, 1.165) is 22.7 Å². The van der Waals surface area contributed by atoms with Crippen molar-refractivity contribution in [2.24, 2.45) is 0 Å². The van der Waals surface area contributed by atoms with Crippen molar-refractivity contribution in [3.8, 4) is 27.9 Å². The van der Waals surface area contributed by atoms with Gasteiger partial charge in [0.2, 0.25) is 0 Å². The normalized spacial score (nSPS) is 11.5. The molecular weight excluding hydrogens is 641 g/mol. The van der Waals surface area contributed by atoms with Crippen LogP contribution < -0.4 is 4.90 Å². The number of anilines is 3. The smallest absolute Gasteiger partial charge is 0.0541 e.